The topological polar surface area (TPSA) is 98.2 Å². The molecule has 0 spiro atoms. The van der Waals surface area contributed by atoms with Crippen LogP contribution in [0.1, 0.15) is 26.6 Å². The lowest BCUT2D eigenvalue weighted by molar-refractivity contribution is 0.0998. The van der Waals surface area contributed by atoms with Crippen LogP contribution in [-0.2, 0) is 0 Å². The largest absolute Gasteiger partial charge is 0.441 e. The van der Waals surface area contributed by atoms with Gasteiger partial charge in [0, 0.05) is 23.7 Å². The molecule has 2 amide bonds. The maximum absolute atomic E-state index is 12.2. The fourth-order valence-corrected chi connectivity index (χ4v) is 2.10. The quantitative estimate of drug-likeness (QED) is 0.775. The van der Waals surface area contributed by atoms with Crippen molar-refractivity contribution in [2.45, 2.75) is 6.92 Å². The number of carbonyl (C=O) groups is 2. The molecule has 0 atom stereocenters. The van der Waals surface area contributed by atoms with Crippen LogP contribution in [0.15, 0.2) is 46.9 Å². The first kappa shape index (κ1) is 13.8. The number of amides is 2. The lowest BCUT2D eigenvalue weighted by Gasteiger charge is -2.05. The van der Waals surface area contributed by atoms with E-state index in [4.69, 9.17) is 10.2 Å². The van der Waals surface area contributed by atoms with Gasteiger partial charge in [-0.15, -0.1) is 0 Å². The Kier molecular flexibility index (Phi) is 3.34. The minimum atomic E-state index is -0.510. The third-order valence-corrected chi connectivity index (χ3v) is 3.18. The molecular weight excluding hydrogens is 282 g/mol. The van der Waals surface area contributed by atoms with Crippen LogP contribution in [-0.4, -0.2) is 16.8 Å². The number of nitrogens with two attached hydrogens (primary N) is 1. The van der Waals surface area contributed by atoms with Gasteiger partial charge in [-0.05, 0) is 42.5 Å². The normalized spacial score (nSPS) is 10.6. The maximum Gasteiger partial charge on any atom is 0.255 e. The molecule has 6 heteroatoms. The zero-order valence-electron chi connectivity index (χ0n) is 11.8. The number of hydrogen-bond donors (Lipinski definition) is 2. The van der Waals surface area contributed by atoms with E-state index in [0.717, 1.165) is 0 Å². The van der Waals surface area contributed by atoms with Crippen molar-refractivity contribution in [3.63, 3.8) is 0 Å². The summed E-state index contributed by atoms with van der Waals surface area (Å²) >= 11 is 0. The molecule has 0 aliphatic rings. The number of hydrogen-bond acceptors (Lipinski definition) is 4. The van der Waals surface area contributed by atoms with Crippen molar-refractivity contribution in [1.82, 2.24) is 4.98 Å². The summed E-state index contributed by atoms with van der Waals surface area (Å²) in [6.07, 6.45) is 0. The first-order valence-electron chi connectivity index (χ1n) is 6.61. The summed E-state index contributed by atoms with van der Waals surface area (Å²) in [6.45, 7) is 1.75. The number of aromatic nitrogens is 1. The van der Waals surface area contributed by atoms with E-state index in [2.05, 4.69) is 10.3 Å². The van der Waals surface area contributed by atoms with E-state index in [1.54, 1.807) is 49.4 Å². The molecule has 0 fully saturated rings. The molecule has 110 valence electrons. The van der Waals surface area contributed by atoms with E-state index < -0.39 is 5.91 Å². The van der Waals surface area contributed by atoms with Crippen molar-refractivity contribution >= 4 is 28.6 Å². The van der Waals surface area contributed by atoms with Gasteiger partial charge in [0.1, 0.15) is 5.52 Å². The van der Waals surface area contributed by atoms with Crippen LogP contribution < -0.4 is 11.1 Å². The highest BCUT2D eigenvalue weighted by molar-refractivity contribution is 6.06. The van der Waals surface area contributed by atoms with Crippen LogP contribution >= 0.6 is 0 Å². The van der Waals surface area contributed by atoms with E-state index in [0.29, 0.717) is 33.8 Å². The zero-order chi connectivity index (χ0) is 15.7. The fourth-order valence-electron chi connectivity index (χ4n) is 2.10. The Morgan fingerprint density at radius 2 is 1.77 bits per heavy atom. The standard InChI is InChI=1S/C16H13N3O3/c1-9-18-13-8-11(4-7-14(13)22-9)16(21)19-12-5-2-10(3-6-12)15(17)20/h2-8H,1H3,(H2,17,20)(H,19,21). The number of rotatable bonds is 3. The Balaban J connectivity index is 1.81. The van der Waals surface area contributed by atoms with Crippen LogP contribution in [0.5, 0.6) is 0 Å². The van der Waals surface area contributed by atoms with Crippen LogP contribution in [0.4, 0.5) is 5.69 Å². The fraction of sp³-hybridized carbons (Fsp3) is 0.0625. The molecule has 0 saturated carbocycles. The van der Waals surface area contributed by atoms with Gasteiger partial charge in [0.15, 0.2) is 11.5 Å². The summed E-state index contributed by atoms with van der Waals surface area (Å²) in [6, 6.07) is 11.4. The second kappa shape index (κ2) is 5.33. The van der Waals surface area contributed by atoms with Gasteiger partial charge in [0.25, 0.3) is 5.91 Å². The Hall–Kier alpha value is -3.15. The molecule has 6 nitrogen and oxygen atoms in total. The molecule has 0 bridgehead atoms. The molecule has 0 aliphatic heterocycles. The van der Waals surface area contributed by atoms with Crippen molar-refractivity contribution in [3.8, 4) is 0 Å². The number of carbonyl (C=O) groups excluding carboxylic acids is 2. The first-order valence-corrected chi connectivity index (χ1v) is 6.61. The number of nitrogens with one attached hydrogen (secondary N) is 1. The molecule has 0 unspecified atom stereocenters. The number of anilines is 1. The summed E-state index contributed by atoms with van der Waals surface area (Å²) in [4.78, 5) is 27.4. The van der Waals surface area contributed by atoms with Gasteiger partial charge in [-0.25, -0.2) is 4.98 Å². The highest BCUT2D eigenvalue weighted by Gasteiger charge is 2.10. The van der Waals surface area contributed by atoms with Crippen molar-refractivity contribution in [2.75, 3.05) is 5.32 Å². The number of aryl methyl sites for hydroxylation is 1. The molecule has 1 heterocycles. The summed E-state index contributed by atoms with van der Waals surface area (Å²) in [5, 5.41) is 2.75. The molecule has 22 heavy (non-hydrogen) atoms. The SMILES string of the molecule is Cc1nc2cc(C(=O)Nc3ccc(C(N)=O)cc3)ccc2o1. The molecule has 1 aromatic heterocycles. The summed E-state index contributed by atoms with van der Waals surface area (Å²) < 4.78 is 5.37. The Morgan fingerprint density at radius 3 is 2.45 bits per heavy atom. The smallest absolute Gasteiger partial charge is 0.255 e. The Morgan fingerprint density at radius 1 is 1.09 bits per heavy atom. The van der Waals surface area contributed by atoms with Crippen LogP contribution in [0, 0.1) is 6.92 Å². The molecular formula is C16H13N3O3. The number of fused-ring (bicyclic) bond motifs is 1. The van der Waals surface area contributed by atoms with E-state index in [-0.39, 0.29) is 5.91 Å². The number of benzene rings is 2. The second-order valence-corrected chi connectivity index (χ2v) is 4.81. The predicted molar refractivity (Wildman–Crippen MR) is 81.7 cm³/mol. The van der Waals surface area contributed by atoms with Crippen molar-refractivity contribution in [1.29, 1.82) is 0 Å². The van der Waals surface area contributed by atoms with Gasteiger partial charge >= 0.3 is 0 Å². The van der Waals surface area contributed by atoms with Gasteiger partial charge in [-0.1, -0.05) is 0 Å². The molecule has 0 saturated heterocycles. The first-order chi connectivity index (χ1) is 10.5. The van der Waals surface area contributed by atoms with Crippen molar-refractivity contribution < 1.29 is 14.0 Å². The Labute approximate surface area is 125 Å². The average molecular weight is 295 g/mol. The molecule has 3 aromatic rings. The third kappa shape index (κ3) is 2.67. The van der Waals surface area contributed by atoms with Gasteiger partial charge in [-0.3, -0.25) is 9.59 Å². The Bertz CT molecular complexity index is 866. The minimum absolute atomic E-state index is 0.269. The van der Waals surface area contributed by atoms with Gasteiger partial charge in [0.05, 0.1) is 0 Å². The van der Waals surface area contributed by atoms with Gasteiger partial charge < -0.3 is 15.5 Å². The monoisotopic (exact) mass is 295 g/mol. The van der Waals surface area contributed by atoms with Gasteiger partial charge in [-0.2, -0.15) is 0 Å². The van der Waals surface area contributed by atoms with Crippen molar-refractivity contribution in [2.24, 2.45) is 5.73 Å². The lowest BCUT2D eigenvalue weighted by Crippen LogP contribution is -2.13. The van der Waals surface area contributed by atoms with E-state index in [9.17, 15) is 9.59 Å². The van der Waals surface area contributed by atoms with Crippen LogP contribution in [0.2, 0.25) is 0 Å². The molecule has 3 rings (SSSR count). The summed E-state index contributed by atoms with van der Waals surface area (Å²) in [5.74, 6) is -0.228. The van der Waals surface area contributed by atoms with E-state index in [1.165, 1.54) is 0 Å². The van der Waals surface area contributed by atoms with Gasteiger partial charge in [0.2, 0.25) is 5.91 Å². The van der Waals surface area contributed by atoms with Crippen LogP contribution in [0.25, 0.3) is 11.1 Å². The average Bonchev–Trinajstić information content (AvgIpc) is 2.86. The van der Waals surface area contributed by atoms with Crippen LogP contribution in [0.3, 0.4) is 0 Å². The summed E-state index contributed by atoms with van der Waals surface area (Å²) in [7, 11) is 0. The highest BCUT2D eigenvalue weighted by Crippen LogP contribution is 2.18. The van der Waals surface area contributed by atoms with E-state index in [1.807, 2.05) is 0 Å². The maximum atomic E-state index is 12.2. The number of primary amides is 1. The molecule has 2 aromatic carbocycles. The predicted octanol–water partition coefficient (Wildman–Crippen LogP) is 2.49. The van der Waals surface area contributed by atoms with Crippen molar-refractivity contribution in [3.05, 3.63) is 59.5 Å². The zero-order valence-corrected chi connectivity index (χ0v) is 11.8. The molecule has 0 radical (unpaired) electrons. The second-order valence-electron chi connectivity index (χ2n) is 4.81. The van der Waals surface area contributed by atoms with E-state index >= 15 is 0 Å². The summed E-state index contributed by atoms with van der Waals surface area (Å²) in [5.41, 5.74) is 7.88. The molecule has 0 aliphatic carbocycles. The number of oxazole rings is 1. The third-order valence-electron chi connectivity index (χ3n) is 3.18. The number of nitrogens with zero attached hydrogens (tertiary/aromatic N) is 1. The highest BCUT2D eigenvalue weighted by atomic mass is 16.3. The lowest BCUT2D eigenvalue weighted by atomic mass is 10.1. The minimum Gasteiger partial charge on any atom is -0.441 e. The molecule has 3 N–H and O–H groups in total.